The van der Waals surface area contributed by atoms with Gasteiger partial charge in [-0.3, -0.25) is 4.79 Å². The lowest BCUT2D eigenvalue weighted by atomic mass is 9.89. The third-order valence-corrected chi connectivity index (χ3v) is 6.12. The number of fused-ring (bicyclic) bond motifs is 1. The van der Waals surface area contributed by atoms with Crippen LogP contribution in [-0.2, 0) is 4.79 Å². The molecule has 0 aliphatic heterocycles. The summed E-state index contributed by atoms with van der Waals surface area (Å²) in [6.45, 7) is 4.03. The standard InChI is InChI=1S/C22H36O4/c1-3-4-11-22(2,26)12-7-9-18-19-14-16(8-5-6-10-21(24)25)13-17(19)15-20(18)23/h7-9,17-20,23,26H,3-6,10-15H2,1-2H3,(H,24,25)/b9-7+,16-8+/t17-,18+,19-,20+,22-/m0/s1. The maximum atomic E-state index is 10.6. The SMILES string of the molecule is CCCC[C@](C)(O)C/C=C/[C@@H]1[C@H]2C/C(=C/CCCC(=O)O)C[C@H]2C[C@H]1O. The van der Waals surface area contributed by atoms with E-state index in [2.05, 4.69) is 25.2 Å². The molecule has 2 aliphatic carbocycles. The van der Waals surface area contributed by atoms with Crippen LogP contribution in [0.15, 0.2) is 23.8 Å². The lowest BCUT2D eigenvalue weighted by Crippen LogP contribution is -2.23. The minimum atomic E-state index is -0.727. The van der Waals surface area contributed by atoms with Gasteiger partial charge in [0.2, 0.25) is 0 Å². The third-order valence-electron chi connectivity index (χ3n) is 6.12. The van der Waals surface area contributed by atoms with Gasteiger partial charge in [-0.25, -0.2) is 0 Å². The summed E-state index contributed by atoms with van der Waals surface area (Å²) in [6.07, 6.45) is 14.5. The molecule has 0 saturated heterocycles. The van der Waals surface area contributed by atoms with E-state index >= 15 is 0 Å². The minimum absolute atomic E-state index is 0.187. The molecule has 2 fully saturated rings. The van der Waals surface area contributed by atoms with Crippen molar-refractivity contribution in [2.45, 2.75) is 89.8 Å². The molecule has 4 heteroatoms. The number of carboxylic acids is 1. The lowest BCUT2D eigenvalue weighted by Gasteiger charge is -2.22. The Balaban J connectivity index is 1.85. The van der Waals surface area contributed by atoms with Crippen LogP contribution in [0, 0.1) is 17.8 Å². The molecule has 0 bridgehead atoms. The summed E-state index contributed by atoms with van der Waals surface area (Å²) in [5.41, 5.74) is 0.783. The van der Waals surface area contributed by atoms with Crippen LogP contribution in [0.1, 0.15) is 78.1 Å². The number of rotatable bonds is 10. The highest BCUT2D eigenvalue weighted by Crippen LogP contribution is 2.50. The Labute approximate surface area is 158 Å². The number of carbonyl (C=O) groups is 1. The zero-order valence-electron chi connectivity index (χ0n) is 16.4. The van der Waals surface area contributed by atoms with E-state index in [1.54, 1.807) is 0 Å². The molecule has 4 nitrogen and oxygen atoms in total. The van der Waals surface area contributed by atoms with Crippen molar-refractivity contribution in [1.29, 1.82) is 0 Å². The number of aliphatic hydroxyl groups excluding tert-OH is 1. The van der Waals surface area contributed by atoms with E-state index in [1.807, 2.05) is 6.92 Å². The Morgan fingerprint density at radius 2 is 2.08 bits per heavy atom. The fourth-order valence-corrected chi connectivity index (χ4v) is 4.64. The summed E-state index contributed by atoms with van der Waals surface area (Å²) in [7, 11) is 0. The highest BCUT2D eigenvalue weighted by molar-refractivity contribution is 5.66. The van der Waals surface area contributed by atoms with Crippen molar-refractivity contribution in [3.63, 3.8) is 0 Å². The van der Waals surface area contributed by atoms with Crippen molar-refractivity contribution in [1.82, 2.24) is 0 Å². The molecule has 2 saturated carbocycles. The van der Waals surface area contributed by atoms with Crippen LogP contribution in [0.2, 0.25) is 0 Å². The van der Waals surface area contributed by atoms with Crippen LogP contribution in [0.4, 0.5) is 0 Å². The van der Waals surface area contributed by atoms with Gasteiger partial charge in [0.15, 0.2) is 0 Å². The van der Waals surface area contributed by atoms with Gasteiger partial charge in [0.25, 0.3) is 0 Å². The number of hydrogen-bond acceptors (Lipinski definition) is 3. The quantitative estimate of drug-likeness (QED) is 0.395. The van der Waals surface area contributed by atoms with Gasteiger partial charge >= 0.3 is 5.97 Å². The van der Waals surface area contributed by atoms with Crippen molar-refractivity contribution < 1.29 is 20.1 Å². The molecule has 0 aromatic carbocycles. The Bertz CT molecular complexity index is 520. The predicted molar refractivity (Wildman–Crippen MR) is 104 cm³/mol. The van der Waals surface area contributed by atoms with Gasteiger partial charge in [-0.2, -0.15) is 0 Å². The normalized spacial score (nSPS) is 32.2. The van der Waals surface area contributed by atoms with Crippen molar-refractivity contribution in [3.8, 4) is 0 Å². The monoisotopic (exact) mass is 364 g/mol. The second-order valence-electron chi connectivity index (χ2n) is 8.59. The van der Waals surface area contributed by atoms with Crippen molar-refractivity contribution in [2.75, 3.05) is 0 Å². The molecule has 0 amide bonds. The second-order valence-corrected chi connectivity index (χ2v) is 8.59. The van der Waals surface area contributed by atoms with Crippen LogP contribution in [0.5, 0.6) is 0 Å². The minimum Gasteiger partial charge on any atom is -0.481 e. The number of hydrogen-bond donors (Lipinski definition) is 3. The first kappa shape index (κ1) is 21.2. The molecular formula is C22H36O4. The van der Waals surface area contributed by atoms with Crippen LogP contribution in [-0.4, -0.2) is 33.0 Å². The van der Waals surface area contributed by atoms with E-state index in [9.17, 15) is 15.0 Å². The molecule has 0 unspecified atom stereocenters. The van der Waals surface area contributed by atoms with E-state index < -0.39 is 11.6 Å². The lowest BCUT2D eigenvalue weighted by molar-refractivity contribution is -0.137. The second kappa shape index (κ2) is 9.70. The molecule has 148 valence electrons. The summed E-state index contributed by atoms with van der Waals surface area (Å²) < 4.78 is 0. The van der Waals surface area contributed by atoms with Crippen molar-refractivity contribution in [3.05, 3.63) is 23.8 Å². The predicted octanol–water partition coefficient (Wildman–Crippen LogP) is 4.46. The van der Waals surface area contributed by atoms with Crippen LogP contribution in [0.25, 0.3) is 0 Å². The number of allylic oxidation sites excluding steroid dienone is 2. The molecule has 0 heterocycles. The smallest absolute Gasteiger partial charge is 0.303 e. The third kappa shape index (κ3) is 6.24. The Morgan fingerprint density at radius 1 is 1.31 bits per heavy atom. The first-order valence-corrected chi connectivity index (χ1v) is 10.3. The van der Waals surface area contributed by atoms with E-state index in [-0.39, 0.29) is 18.4 Å². The van der Waals surface area contributed by atoms with Gasteiger partial charge in [-0.15, -0.1) is 0 Å². The summed E-state index contributed by atoms with van der Waals surface area (Å²) >= 11 is 0. The number of carboxylic acid groups (broad SMARTS) is 1. The van der Waals surface area contributed by atoms with Crippen LogP contribution >= 0.6 is 0 Å². The van der Waals surface area contributed by atoms with E-state index in [4.69, 9.17) is 5.11 Å². The molecule has 2 rings (SSSR count). The summed E-state index contributed by atoms with van der Waals surface area (Å²) in [4.78, 5) is 10.6. The first-order valence-electron chi connectivity index (χ1n) is 10.3. The average molecular weight is 365 g/mol. The highest BCUT2D eigenvalue weighted by Gasteiger charge is 2.44. The summed E-state index contributed by atoms with van der Waals surface area (Å²) in [6, 6.07) is 0. The van der Waals surface area contributed by atoms with E-state index in [0.717, 1.165) is 44.9 Å². The molecule has 0 aromatic rings. The van der Waals surface area contributed by atoms with Crippen LogP contribution < -0.4 is 0 Å². The van der Waals surface area contributed by atoms with Gasteiger partial charge in [0.1, 0.15) is 0 Å². The highest BCUT2D eigenvalue weighted by atomic mass is 16.4. The molecule has 5 atom stereocenters. The van der Waals surface area contributed by atoms with E-state index in [1.165, 1.54) is 5.57 Å². The molecule has 2 aliphatic rings. The number of unbranched alkanes of at least 4 members (excludes halogenated alkanes) is 2. The van der Waals surface area contributed by atoms with Gasteiger partial charge < -0.3 is 15.3 Å². The maximum absolute atomic E-state index is 10.6. The summed E-state index contributed by atoms with van der Waals surface area (Å²) in [5.74, 6) is 0.500. The first-order chi connectivity index (χ1) is 12.3. The molecule has 26 heavy (non-hydrogen) atoms. The van der Waals surface area contributed by atoms with Gasteiger partial charge in [0.05, 0.1) is 11.7 Å². The Hall–Kier alpha value is -1.13. The topological polar surface area (TPSA) is 77.8 Å². The molecule has 3 N–H and O–H groups in total. The van der Waals surface area contributed by atoms with Gasteiger partial charge in [0, 0.05) is 12.3 Å². The molecular weight excluding hydrogens is 328 g/mol. The Morgan fingerprint density at radius 3 is 2.77 bits per heavy atom. The molecule has 0 aromatic heterocycles. The zero-order valence-corrected chi connectivity index (χ0v) is 16.4. The largest absolute Gasteiger partial charge is 0.481 e. The number of aliphatic carboxylic acids is 1. The fraction of sp³-hybridized carbons (Fsp3) is 0.773. The van der Waals surface area contributed by atoms with Crippen LogP contribution in [0.3, 0.4) is 0 Å². The molecule has 0 spiro atoms. The van der Waals surface area contributed by atoms with Gasteiger partial charge in [-0.05, 0) is 63.7 Å². The number of aliphatic hydroxyl groups is 2. The average Bonchev–Trinajstić information content (AvgIpc) is 3.07. The van der Waals surface area contributed by atoms with Crippen molar-refractivity contribution >= 4 is 5.97 Å². The Kier molecular flexibility index (Phi) is 7.90. The zero-order chi connectivity index (χ0) is 19.2. The van der Waals surface area contributed by atoms with Crippen molar-refractivity contribution in [2.24, 2.45) is 17.8 Å². The van der Waals surface area contributed by atoms with E-state index in [0.29, 0.717) is 24.7 Å². The van der Waals surface area contributed by atoms with Gasteiger partial charge in [-0.1, -0.05) is 43.6 Å². The summed E-state index contributed by atoms with van der Waals surface area (Å²) in [5, 5.41) is 29.6. The molecule has 0 radical (unpaired) electrons. The fourth-order valence-electron chi connectivity index (χ4n) is 4.64. The maximum Gasteiger partial charge on any atom is 0.303 e.